The van der Waals surface area contributed by atoms with Crippen LogP contribution >= 0.6 is 0 Å². The molecule has 0 fully saturated rings. The number of methoxy groups -OCH3 is 1. The van der Waals surface area contributed by atoms with Crippen LogP contribution in [0.15, 0.2) is 12.2 Å². The SMILES string of the molecule is C=C(C)COCCNC(CCCN)COC. The first-order valence-electron chi connectivity index (χ1n) is 5.85. The molecule has 0 rings (SSSR count). The molecule has 0 bridgehead atoms. The molecule has 0 radical (unpaired) electrons. The summed E-state index contributed by atoms with van der Waals surface area (Å²) in [5, 5.41) is 3.39. The lowest BCUT2D eigenvalue weighted by molar-refractivity contribution is 0.135. The minimum absolute atomic E-state index is 0.377. The van der Waals surface area contributed by atoms with Gasteiger partial charge in [-0.1, -0.05) is 12.2 Å². The molecule has 0 aliphatic heterocycles. The van der Waals surface area contributed by atoms with Crippen LogP contribution in [-0.2, 0) is 9.47 Å². The van der Waals surface area contributed by atoms with Gasteiger partial charge in [0.05, 0.1) is 19.8 Å². The van der Waals surface area contributed by atoms with Gasteiger partial charge in [-0.05, 0) is 26.3 Å². The molecule has 0 aliphatic carbocycles. The number of nitrogens with one attached hydrogen (secondary N) is 1. The normalized spacial score (nSPS) is 12.7. The Morgan fingerprint density at radius 2 is 2.25 bits per heavy atom. The zero-order valence-electron chi connectivity index (χ0n) is 10.6. The van der Waals surface area contributed by atoms with Gasteiger partial charge >= 0.3 is 0 Å². The summed E-state index contributed by atoms with van der Waals surface area (Å²) in [5.41, 5.74) is 6.53. The van der Waals surface area contributed by atoms with Crippen molar-refractivity contribution in [3.63, 3.8) is 0 Å². The molecule has 0 aromatic heterocycles. The summed E-state index contributed by atoms with van der Waals surface area (Å²) in [5.74, 6) is 0. The molecule has 0 saturated carbocycles. The highest BCUT2D eigenvalue weighted by Crippen LogP contribution is 1.96. The average molecular weight is 230 g/mol. The molecular formula is C12H26N2O2. The van der Waals surface area contributed by atoms with Crippen LogP contribution in [0.3, 0.4) is 0 Å². The summed E-state index contributed by atoms with van der Waals surface area (Å²) in [6.07, 6.45) is 2.07. The molecule has 0 aliphatic rings. The molecule has 0 saturated heterocycles. The van der Waals surface area contributed by atoms with Gasteiger partial charge in [-0.25, -0.2) is 0 Å². The second kappa shape index (κ2) is 11.1. The van der Waals surface area contributed by atoms with E-state index in [2.05, 4.69) is 11.9 Å². The molecule has 0 spiro atoms. The van der Waals surface area contributed by atoms with Crippen LogP contribution in [0.2, 0.25) is 0 Å². The Kier molecular flexibility index (Phi) is 10.8. The molecule has 0 aromatic rings. The monoisotopic (exact) mass is 230 g/mol. The summed E-state index contributed by atoms with van der Waals surface area (Å²) in [6, 6.07) is 0.377. The van der Waals surface area contributed by atoms with E-state index in [4.69, 9.17) is 15.2 Å². The summed E-state index contributed by atoms with van der Waals surface area (Å²) >= 11 is 0. The van der Waals surface area contributed by atoms with Gasteiger partial charge in [0.2, 0.25) is 0 Å². The first-order chi connectivity index (χ1) is 7.70. The number of rotatable bonds is 11. The second-order valence-corrected chi connectivity index (χ2v) is 4.05. The Morgan fingerprint density at radius 1 is 1.50 bits per heavy atom. The van der Waals surface area contributed by atoms with Gasteiger partial charge < -0.3 is 20.5 Å². The minimum atomic E-state index is 0.377. The molecule has 0 aromatic carbocycles. The third-order valence-corrected chi connectivity index (χ3v) is 2.15. The van der Waals surface area contributed by atoms with Crippen molar-refractivity contribution in [1.29, 1.82) is 0 Å². The molecule has 1 unspecified atom stereocenters. The highest BCUT2D eigenvalue weighted by molar-refractivity contribution is 4.87. The van der Waals surface area contributed by atoms with E-state index in [1.165, 1.54) is 0 Å². The Hall–Kier alpha value is -0.420. The standard InChI is InChI=1S/C12H26N2O2/c1-11(2)9-16-8-7-14-12(10-15-3)5-4-6-13/h12,14H,1,4-10,13H2,2-3H3. The van der Waals surface area contributed by atoms with Crippen LogP contribution in [-0.4, -0.2) is 46.1 Å². The molecular weight excluding hydrogens is 204 g/mol. The van der Waals surface area contributed by atoms with Crippen molar-refractivity contribution in [2.45, 2.75) is 25.8 Å². The lowest BCUT2D eigenvalue weighted by Crippen LogP contribution is -2.36. The van der Waals surface area contributed by atoms with Crippen molar-refractivity contribution in [2.75, 3.05) is 40.0 Å². The highest BCUT2D eigenvalue weighted by atomic mass is 16.5. The third-order valence-electron chi connectivity index (χ3n) is 2.15. The number of ether oxygens (including phenoxy) is 2. The number of hydrogen-bond acceptors (Lipinski definition) is 4. The Labute approximate surface area is 99.2 Å². The van der Waals surface area contributed by atoms with Gasteiger partial charge in [0.1, 0.15) is 0 Å². The van der Waals surface area contributed by atoms with Crippen LogP contribution in [0.5, 0.6) is 0 Å². The molecule has 16 heavy (non-hydrogen) atoms. The number of nitrogens with two attached hydrogens (primary N) is 1. The highest BCUT2D eigenvalue weighted by Gasteiger charge is 2.06. The summed E-state index contributed by atoms with van der Waals surface area (Å²) < 4.78 is 10.5. The van der Waals surface area contributed by atoms with Crippen LogP contribution in [0.25, 0.3) is 0 Å². The van der Waals surface area contributed by atoms with Crippen molar-refractivity contribution in [3.05, 3.63) is 12.2 Å². The Bertz CT molecular complexity index is 174. The lowest BCUT2D eigenvalue weighted by atomic mass is 10.1. The van der Waals surface area contributed by atoms with Gasteiger partial charge in [-0.15, -0.1) is 0 Å². The topological polar surface area (TPSA) is 56.5 Å². The van der Waals surface area contributed by atoms with E-state index in [0.29, 0.717) is 19.3 Å². The van der Waals surface area contributed by atoms with E-state index in [1.807, 2.05) is 6.92 Å². The smallest absolute Gasteiger partial charge is 0.0672 e. The van der Waals surface area contributed by atoms with E-state index < -0.39 is 0 Å². The Balaban J connectivity index is 3.47. The zero-order chi connectivity index (χ0) is 12.2. The number of hydrogen-bond donors (Lipinski definition) is 2. The molecule has 0 amide bonds. The fourth-order valence-corrected chi connectivity index (χ4v) is 1.39. The summed E-state index contributed by atoms with van der Waals surface area (Å²) in [7, 11) is 1.72. The van der Waals surface area contributed by atoms with Crippen molar-refractivity contribution >= 4 is 0 Å². The predicted octanol–water partition coefficient (Wildman–Crippen LogP) is 0.923. The van der Waals surface area contributed by atoms with E-state index in [0.717, 1.165) is 38.1 Å². The van der Waals surface area contributed by atoms with Crippen molar-refractivity contribution in [2.24, 2.45) is 5.73 Å². The van der Waals surface area contributed by atoms with Gasteiger partial charge in [0.25, 0.3) is 0 Å². The van der Waals surface area contributed by atoms with Gasteiger partial charge in [-0.3, -0.25) is 0 Å². The summed E-state index contributed by atoms with van der Waals surface area (Å²) in [4.78, 5) is 0. The third kappa shape index (κ3) is 10.1. The molecule has 3 N–H and O–H groups in total. The van der Waals surface area contributed by atoms with Crippen LogP contribution in [0, 0.1) is 0 Å². The first-order valence-corrected chi connectivity index (χ1v) is 5.85. The maximum Gasteiger partial charge on any atom is 0.0672 e. The molecule has 96 valence electrons. The van der Waals surface area contributed by atoms with Crippen LogP contribution < -0.4 is 11.1 Å². The van der Waals surface area contributed by atoms with Crippen molar-refractivity contribution in [3.8, 4) is 0 Å². The van der Waals surface area contributed by atoms with E-state index >= 15 is 0 Å². The molecule has 1 atom stereocenters. The van der Waals surface area contributed by atoms with Crippen LogP contribution in [0.4, 0.5) is 0 Å². The average Bonchev–Trinajstić information content (AvgIpc) is 2.24. The first kappa shape index (κ1) is 15.6. The van der Waals surface area contributed by atoms with Gasteiger partial charge in [0.15, 0.2) is 0 Å². The molecule has 4 nitrogen and oxygen atoms in total. The molecule has 4 heteroatoms. The second-order valence-electron chi connectivity index (χ2n) is 4.05. The maximum absolute atomic E-state index is 5.48. The predicted molar refractivity (Wildman–Crippen MR) is 67.6 cm³/mol. The van der Waals surface area contributed by atoms with E-state index in [1.54, 1.807) is 7.11 Å². The zero-order valence-corrected chi connectivity index (χ0v) is 10.6. The largest absolute Gasteiger partial charge is 0.383 e. The Morgan fingerprint density at radius 3 is 2.81 bits per heavy atom. The quantitative estimate of drug-likeness (QED) is 0.409. The maximum atomic E-state index is 5.48. The minimum Gasteiger partial charge on any atom is -0.383 e. The molecule has 0 heterocycles. The van der Waals surface area contributed by atoms with Gasteiger partial charge in [0, 0.05) is 19.7 Å². The van der Waals surface area contributed by atoms with Crippen LogP contribution in [0.1, 0.15) is 19.8 Å². The van der Waals surface area contributed by atoms with Gasteiger partial charge in [-0.2, -0.15) is 0 Å². The van der Waals surface area contributed by atoms with E-state index in [9.17, 15) is 0 Å². The lowest BCUT2D eigenvalue weighted by Gasteiger charge is -2.17. The van der Waals surface area contributed by atoms with Crippen molar-refractivity contribution < 1.29 is 9.47 Å². The van der Waals surface area contributed by atoms with E-state index in [-0.39, 0.29) is 0 Å². The summed E-state index contributed by atoms with van der Waals surface area (Å²) in [6.45, 7) is 9.37. The van der Waals surface area contributed by atoms with Crippen molar-refractivity contribution in [1.82, 2.24) is 5.32 Å². The fourth-order valence-electron chi connectivity index (χ4n) is 1.39. The fraction of sp³-hybridized carbons (Fsp3) is 0.833.